The molecule has 6 nitrogen and oxygen atoms in total. The summed E-state index contributed by atoms with van der Waals surface area (Å²) in [5.74, 6) is -0.128. The van der Waals surface area contributed by atoms with Crippen LogP contribution in [0.3, 0.4) is 0 Å². The van der Waals surface area contributed by atoms with Crippen molar-refractivity contribution in [3.63, 3.8) is 0 Å². The normalized spacial score (nSPS) is 20.4. The highest BCUT2D eigenvalue weighted by Crippen LogP contribution is 2.33. The van der Waals surface area contributed by atoms with Crippen LogP contribution in [0.2, 0.25) is 0 Å². The van der Waals surface area contributed by atoms with Crippen molar-refractivity contribution in [2.75, 3.05) is 38.1 Å². The number of carbonyl (C=O) groups excluding carboxylic acids is 2. The Bertz CT molecular complexity index is 857. The third kappa shape index (κ3) is 3.49. The maximum absolute atomic E-state index is 13.3. The lowest BCUT2D eigenvalue weighted by Crippen LogP contribution is -2.57. The predicted molar refractivity (Wildman–Crippen MR) is 106 cm³/mol. The number of anilines is 1. The molecule has 142 valence electrons. The van der Waals surface area contributed by atoms with Gasteiger partial charge in [0.25, 0.3) is 5.91 Å². The van der Waals surface area contributed by atoms with Crippen LogP contribution in [0.5, 0.6) is 0 Å². The largest absolute Gasteiger partial charge is 0.338 e. The molecule has 2 aromatic rings. The van der Waals surface area contributed by atoms with Crippen LogP contribution < -0.4 is 4.90 Å². The number of fused-ring (bicyclic) bond motifs is 1. The van der Waals surface area contributed by atoms with Crippen molar-refractivity contribution in [2.45, 2.75) is 25.8 Å². The molecule has 0 aliphatic carbocycles. The Kier molecular flexibility index (Phi) is 4.97. The summed E-state index contributed by atoms with van der Waals surface area (Å²) in [6.45, 7) is 5.05. The lowest BCUT2D eigenvalue weighted by atomic mass is 9.94. The molecule has 2 amide bonds. The summed E-state index contributed by atoms with van der Waals surface area (Å²) in [7, 11) is 2.07. The van der Waals surface area contributed by atoms with E-state index in [0.717, 1.165) is 35.8 Å². The standard InChI is InChI=1S/C20H24N4O2S/c1-14-21-16(13-27-14)19(25)24-17-6-4-3-5-15(17)7-8-18(24)20(26)23-11-9-22(2)10-12-23/h3-6,13,18H,7-12H2,1-2H3. The Labute approximate surface area is 163 Å². The molecule has 0 saturated carbocycles. The molecule has 1 atom stereocenters. The molecule has 1 unspecified atom stereocenters. The molecular weight excluding hydrogens is 360 g/mol. The lowest BCUT2D eigenvalue weighted by Gasteiger charge is -2.40. The van der Waals surface area contributed by atoms with E-state index in [9.17, 15) is 9.59 Å². The molecule has 0 N–H and O–H groups in total. The molecule has 0 radical (unpaired) electrons. The fourth-order valence-corrected chi connectivity index (χ4v) is 4.44. The van der Waals surface area contributed by atoms with Crippen LogP contribution >= 0.6 is 11.3 Å². The van der Waals surface area contributed by atoms with E-state index in [0.29, 0.717) is 25.2 Å². The van der Waals surface area contributed by atoms with Crippen LogP contribution in [0.25, 0.3) is 0 Å². The second-order valence-corrected chi connectivity index (χ2v) is 8.30. The maximum atomic E-state index is 13.3. The summed E-state index contributed by atoms with van der Waals surface area (Å²) in [6, 6.07) is 7.43. The first-order valence-electron chi connectivity index (χ1n) is 9.35. The number of nitrogens with zero attached hydrogens (tertiary/aromatic N) is 4. The van der Waals surface area contributed by atoms with Gasteiger partial charge in [-0.15, -0.1) is 11.3 Å². The second kappa shape index (κ2) is 7.40. The minimum absolute atomic E-state index is 0.0536. The molecule has 3 heterocycles. The summed E-state index contributed by atoms with van der Waals surface area (Å²) in [5.41, 5.74) is 2.37. The number of aryl methyl sites for hydroxylation is 2. The first kappa shape index (κ1) is 18.1. The van der Waals surface area contributed by atoms with Crippen molar-refractivity contribution < 1.29 is 9.59 Å². The van der Waals surface area contributed by atoms with E-state index < -0.39 is 6.04 Å². The van der Waals surface area contributed by atoms with Crippen molar-refractivity contribution in [2.24, 2.45) is 0 Å². The van der Waals surface area contributed by atoms with E-state index in [1.807, 2.05) is 36.1 Å². The molecular formula is C20H24N4O2S. The molecule has 4 rings (SSSR count). The van der Waals surface area contributed by atoms with Gasteiger partial charge in [0.2, 0.25) is 5.91 Å². The fourth-order valence-electron chi connectivity index (χ4n) is 3.85. The van der Waals surface area contributed by atoms with Crippen LogP contribution in [-0.4, -0.2) is 65.9 Å². The van der Waals surface area contributed by atoms with Crippen LogP contribution in [0, 0.1) is 6.92 Å². The number of piperazine rings is 1. The number of amides is 2. The fraction of sp³-hybridized carbons (Fsp3) is 0.450. The first-order valence-corrected chi connectivity index (χ1v) is 10.2. The van der Waals surface area contributed by atoms with Gasteiger partial charge in [0.1, 0.15) is 11.7 Å². The number of thiazole rings is 1. The molecule has 27 heavy (non-hydrogen) atoms. The Balaban J connectivity index is 1.67. The molecule has 0 spiro atoms. The molecule has 1 aromatic heterocycles. The number of hydrogen-bond donors (Lipinski definition) is 0. The minimum Gasteiger partial charge on any atom is -0.338 e. The van der Waals surface area contributed by atoms with Crippen molar-refractivity contribution in [1.82, 2.24) is 14.8 Å². The summed E-state index contributed by atoms with van der Waals surface area (Å²) in [6.07, 6.45) is 1.46. The number of hydrogen-bond acceptors (Lipinski definition) is 5. The average Bonchev–Trinajstić information content (AvgIpc) is 3.13. The van der Waals surface area contributed by atoms with E-state index in [2.05, 4.69) is 16.9 Å². The summed E-state index contributed by atoms with van der Waals surface area (Å²) >= 11 is 1.46. The Morgan fingerprint density at radius 1 is 1.15 bits per heavy atom. The zero-order valence-corrected chi connectivity index (χ0v) is 16.5. The van der Waals surface area contributed by atoms with Gasteiger partial charge < -0.3 is 9.80 Å². The van der Waals surface area contributed by atoms with Crippen molar-refractivity contribution in [3.05, 3.63) is 45.9 Å². The van der Waals surface area contributed by atoms with Crippen LogP contribution in [-0.2, 0) is 11.2 Å². The molecule has 1 saturated heterocycles. The molecule has 2 aliphatic rings. The summed E-state index contributed by atoms with van der Waals surface area (Å²) < 4.78 is 0. The first-order chi connectivity index (χ1) is 13.0. The molecule has 0 bridgehead atoms. The van der Waals surface area contributed by atoms with E-state index in [4.69, 9.17) is 0 Å². The number of likely N-dealkylation sites (N-methyl/N-ethyl adjacent to an activating group) is 1. The minimum atomic E-state index is -0.460. The molecule has 7 heteroatoms. The predicted octanol–water partition coefficient (Wildman–Crippen LogP) is 2.19. The van der Waals surface area contributed by atoms with E-state index in [1.54, 1.807) is 10.3 Å². The Hall–Kier alpha value is -2.25. The van der Waals surface area contributed by atoms with E-state index in [-0.39, 0.29) is 11.8 Å². The third-order valence-corrected chi connectivity index (χ3v) is 6.18. The number of para-hydroxylation sites is 1. The topological polar surface area (TPSA) is 56.8 Å². The Morgan fingerprint density at radius 2 is 1.89 bits per heavy atom. The molecule has 1 fully saturated rings. The SMILES string of the molecule is Cc1nc(C(=O)N2c3ccccc3CCC2C(=O)N2CCN(C)CC2)cs1. The molecule has 1 aromatic carbocycles. The highest BCUT2D eigenvalue weighted by molar-refractivity contribution is 7.09. The van der Waals surface area contributed by atoms with Crippen molar-refractivity contribution in [1.29, 1.82) is 0 Å². The van der Waals surface area contributed by atoms with Gasteiger partial charge in [0.15, 0.2) is 0 Å². The zero-order chi connectivity index (χ0) is 19.0. The van der Waals surface area contributed by atoms with Gasteiger partial charge in [0.05, 0.1) is 5.01 Å². The van der Waals surface area contributed by atoms with Gasteiger partial charge in [0, 0.05) is 37.2 Å². The number of benzene rings is 1. The highest BCUT2D eigenvalue weighted by Gasteiger charge is 2.39. The lowest BCUT2D eigenvalue weighted by molar-refractivity contribution is -0.134. The quantitative estimate of drug-likeness (QED) is 0.796. The third-order valence-electron chi connectivity index (χ3n) is 5.41. The van der Waals surface area contributed by atoms with E-state index >= 15 is 0 Å². The van der Waals surface area contributed by atoms with Gasteiger partial charge in [-0.25, -0.2) is 4.98 Å². The number of aromatic nitrogens is 1. The number of rotatable bonds is 2. The maximum Gasteiger partial charge on any atom is 0.278 e. The summed E-state index contributed by atoms with van der Waals surface area (Å²) in [4.78, 5) is 36.8. The van der Waals surface area contributed by atoms with Crippen LogP contribution in [0.15, 0.2) is 29.6 Å². The van der Waals surface area contributed by atoms with Crippen LogP contribution in [0.4, 0.5) is 5.69 Å². The second-order valence-electron chi connectivity index (χ2n) is 7.24. The van der Waals surface area contributed by atoms with Gasteiger partial charge in [-0.3, -0.25) is 14.5 Å². The van der Waals surface area contributed by atoms with Crippen molar-refractivity contribution >= 4 is 28.8 Å². The average molecular weight is 385 g/mol. The highest BCUT2D eigenvalue weighted by atomic mass is 32.1. The summed E-state index contributed by atoms with van der Waals surface area (Å²) in [5, 5.41) is 2.64. The van der Waals surface area contributed by atoms with Gasteiger partial charge in [-0.05, 0) is 38.4 Å². The zero-order valence-electron chi connectivity index (χ0n) is 15.7. The monoisotopic (exact) mass is 384 g/mol. The number of carbonyl (C=O) groups is 2. The van der Waals surface area contributed by atoms with Crippen molar-refractivity contribution in [3.8, 4) is 0 Å². The van der Waals surface area contributed by atoms with Gasteiger partial charge in [-0.2, -0.15) is 0 Å². The van der Waals surface area contributed by atoms with E-state index in [1.165, 1.54) is 11.3 Å². The van der Waals surface area contributed by atoms with Gasteiger partial charge >= 0.3 is 0 Å². The van der Waals surface area contributed by atoms with Gasteiger partial charge in [-0.1, -0.05) is 18.2 Å². The van der Waals surface area contributed by atoms with Crippen LogP contribution in [0.1, 0.15) is 27.5 Å². The molecule has 2 aliphatic heterocycles. The smallest absolute Gasteiger partial charge is 0.278 e. The Morgan fingerprint density at radius 3 is 2.59 bits per heavy atom.